The minimum Gasteiger partial charge on any atom is -0.461 e. The second kappa shape index (κ2) is 7.67. The molecule has 1 amide bonds. The van der Waals surface area contributed by atoms with Gasteiger partial charge in [-0.05, 0) is 43.3 Å². The molecule has 0 unspecified atom stereocenters. The third-order valence-electron chi connectivity index (χ3n) is 3.23. The zero-order valence-electron chi connectivity index (χ0n) is 12.9. The molecule has 1 aromatic carbocycles. The molecule has 8 heteroatoms. The summed E-state index contributed by atoms with van der Waals surface area (Å²) in [6.45, 7) is 2.70. The molecule has 0 fully saturated rings. The molecule has 3 aromatic rings. The van der Waals surface area contributed by atoms with Crippen molar-refractivity contribution in [3.63, 3.8) is 0 Å². The number of thioether (sulfide) groups is 1. The maximum Gasteiger partial charge on any atom is 0.234 e. The fourth-order valence-corrected chi connectivity index (χ4v) is 3.20. The number of nitrogens with one attached hydrogen (secondary N) is 1. The lowest BCUT2D eigenvalue weighted by molar-refractivity contribution is -0.113. The standard InChI is InChI=1S/C16H15BrN4O2S/c1-2-21-15(13-4-3-9-23-13)19-20-16(21)24-10-14(22)18-12-7-5-11(17)6-8-12/h3-9H,2,10H2,1H3,(H,18,22). The molecule has 1 N–H and O–H groups in total. The minimum atomic E-state index is -0.0903. The Bertz CT molecular complexity index is 815. The molecule has 0 aliphatic carbocycles. The average Bonchev–Trinajstić information content (AvgIpc) is 3.23. The van der Waals surface area contributed by atoms with Gasteiger partial charge in [-0.1, -0.05) is 27.7 Å². The zero-order valence-corrected chi connectivity index (χ0v) is 15.3. The van der Waals surface area contributed by atoms with Crippen LogP contribution in [0.5, 0.6) is 0 Å². The second-order valence-electron chi connectivity index (χ2n) is 4.87. The van der Waals surface area contributed by atoms with Gasteiger partial charge in [0, 0.05) is 16.7 Å². The fourth-order valence-electron chi connectivity index (χ4n) is 2.13. The van der Waals surface area contributed by atoms with Gasteiger partial charge in [0.2, 0.25) is 5.91 Å². The molecule has 0 saturated heterocycles. The topological polar surface area (TPSA) is 73.0 Å². The third-order valence-corrected chi connectivity index (χ3v) is 4.73. The number of hydrogen-bond donors (Lipinski definition) is 1. The van der Waals surface area contributed by atoms with Crippen LogP contribution >= 0.6 is 27.7 Å². The van der Waals surface area contributed by atoms with Crippen molar-refractivity contribution in [1.29, 1.82) is 0 Å². The van der Waals surface area contributed by atoms with Crippen LogP contribution in [-0.2, 0) is 11.3 Å². The number of amides is 1. The van der Waals surface area contributed by atoms with Crippen LogP contribution in [0.25, 0.3) is 11.6 Å². The lowest BCUT2D eigenvalue weighted by atomic mass is 10.3. The highest BCUT2D eigenvalue weighted by molar-refractivity contribution is 9.10. The van der Waals surface area contributed by atoms with Crippen molar-refractivity contribution in [2.24, 2.45) is 0 Å². The Balaban J connectivity index is 1.64. The van der Waals surface area contributed by atoms with E-state index in [9.17, 15) is 4.79 Å². The van der Waals surface area contributed by atoms with Crippen molar-refractivity contribution in [3.8, 4) is 11.6 Å². The Labute approximate surface area is 151 Å². The van der Waals surface area contributed by atoms with E-state index in [2.05, 4.69) is 31.4 Å². The van der Waals surface area contributed by atoms with Crippen LogP contribution < -0.4 is 5.32 Å². The summed E-state index contributed by atoms with van der Waals surface area (Å²) in [5, 5.41) is 11.9. The lowest BCUT2D eigenvalue weighted by Crippen LogP contribution is -2.14. The molecular weight excluding hydrogens is 392 g/mol. The van der Waals surface area contributed by atoms with Crippen molar-refractivity contribution in [2.75, 3.05) is 11.1 Å². The number of benzene rings is 1. The normalized spacial score (nSPS) is 10.8. The number of halogens is 1. The van der Waals surface area contributed by atoms with Crippen molar-refractivity contribution in [2.45, 2.75) is 18.6 Å². The summed E-state index contributed by atoms with van der Waals surface area (Å²) < 4.78 is 8.27. The molecule has 0 aliphatic heterocycles. The highest BCUT2D eigenvalue weighted by Gasteiger charge is 2.16. The summed E-state index contributed by atoms with van der Waals surface area (Å²) >= 11 is 4.71. The van der Waals surface area contributed by atoms with Crippen molar-refractivity contribution in [3.05, 3.63) is 47.1 Å². The van der Waals surface area contributed by atoms with E-state index < -0.39 is 0 Å². The molecule has 24 heavy (non-hydrogen) atoms. The zero-order chi connectivity index (χ0) is 16.9. The average molecular weight is 407 g/mol. The first-order valence-corrected chi connectivity index (χ1v) is 9.10. The maximum atomic E-state index is 12.1. The van der Waals surface area contributed by atoms with Crippen LogP contribution in [0.15, 0.2) is 56.7 Å². The van der Waals surface area contributed by atoms with Crippen molar-refractivity contribution < 1.29 is 9.21 Å². The number of aromatic nitrogens is 3. The highest BCUT2D eigenvalue weighted by atomic mass is 79.9. The summed E-state index contributed by atoms with van der Waals surface area (Å²) in [6.07, 6.45) is 1.60. The summed E-state index contributed by atoms with van der Waals surface area (Å²) in [5.41, 5.74) is 0.761. The van der Waals surface area contributed by atoms with Gasteiger partial charge in [0.05, 0.1) is 12.0 Å². The predicted molar refractivity (Wildman–Crippen MR) is 96.9 cm³/mol. The van der Waals surface area contributed by atoms with Crippen molar-refractivity contribution in [1.82, 2.24) is 14.8 Å². The van der Waals surface area contributed by atoms with E-state index in [0.29, 0.717) is 23.3 Å². The van der Waals surface area contributed by atoms with Gasteiger partial charge in [0.15, 0.2) is 16.7 Å². The number of carbonyl (C=O) groups is 1. The van der Waals surface area contributed by atoms with Crippen LogP contribution in [0.3, 0.4) is 0 Å². The molecular formula is C16H15BrN4O2S. The minimum absolute atomic E-state index is 0.0903. The molecule has 0 spiro atoms. The number of nitrogens with zero attached hydrogens (tertiary/aromatic N) is 3. The summed E-state index contributed by atoms with van der Waals surface area (Å²) in [4.78, 5) is 12.1. The van der Waals surface area contributed by atoms with Gasteiger partial charge in [-0.2, -0.15) is 0 Å². The number of rotatable bonds is 6. The number of anilines is 1. The summed E-state index contributed by atoms with van der Waals surface area (Å²) in [6, 6.07) is 11.1. The van der Waals surface area contributed by atoms with E-state index in [0.717, 1.165) is 10.2 Å². The molecule has 124 valence electrons. The van der Waals surface area contributed by atoms with E-state index in [1.54, 1.807) is 6.26 Å². The summed E-state index contributed by atoms with van der Waals surface area (Å²) in [7, 11) is 0. The van der Waals surface area contributed by atoms with E-state index in [-0.39, 0.29) is 11.7 Å². The van der Waals surface area contributed by atoms with E-state index >= 15 is 0 Å². The molecule has 2 aromatic heterocycles. The van der Waals surface area contributed by atoms with Crippen LogP contribution in [0.2, 0.25) is 0 Å². The quantitative estimate of drug-likeness (QED) is 0.624. The molecule has 3 rings (SSSR count). The Morgan fingerprint density at radius 2 is 2.08 bits per heavy atom. The summed E-state index contributed by atoms with van der Waals surface area (Å²) in [5.74, 6) is 1.49. The molecule has 2 heterocycles. The second-order valence-corrected chi connectivity index (χ2v) is 6.73. The van der Waals surface area contributed by atoms with Gasteiger partial charge in [-0.15, -0.1) is 10.2 Å². The molecule has 0 aliphatic rings. The predicted octanol–water partition coefficient (Wildman–Crippen LogP) is 4.05. The Morgan fingerprint density at radius 1 is 1.29 bits per heavy atom. The van der Waals surface area contributed by atoms with Crippen LogP contribution in [-0.4, -0.2) is 26.4 Å². The largest absolute Gasteiger partial charge is 0.461 e. The van der Waals surface area contributed by atoms with E-state index in [1.165, 1.54) is 11.8 Å². The molecule has 6 nitrogen and oxygen atoms in total. The highest BCUT2D eigenvalue weighted by Crippen LogP contribution is 2.24. The van der Waals surface area contributed by atoms with Crippen LogP contribution in [0, 0.1) is 0 Å². The molecule has 0 atom stereocenters. The van der Waals surface area contributed by atoms with Gasteiger partial charge in [0.1, 0.15) is 0 Å². The number of carbonyl (C=O) groups excluding carboxylic acids is 1. The number of furan rings is 1. The lowest BCUT2D eigenvalue weighted by Gasteiger charge is -2.07. The molecule has 0 bridgehead atoms. The Morgan fingerprint density at radius 3 is 2.75 bits per heavy atom. The third kappa shape index (κ3) is 3.88. The van der Waals surface area contributed by atoms with E-state index in [1.807, 2.05) is 47.9 Å². The van der Waals surface area contributed by atoms with Crippen molar-refractivity contribution >= 4 is 39.3 Å². The maximum absolute atomic E-state index is 12.1. The SMILES string of the molecule is CCn1c(SCC(=O)Nc2ccc(Br)cc2)nnc1-c1ccco1. The first-order valence-electron chi connectivity index (χ1n) is 7.32. The van der Waals surface area contributed by atoms with Gasteiger partial charge >= 0.3 is 0 Å². The Hall–Kier alpha value is -2.06. The first-order chi connectivity index (χ1) is 11.7. The van der Waals surface area contributed by atoms with E-state index in [4.69, 9.17) is 4.42 Å². The van der Waals surface area contributed by atoms with Gasteiger partial charge in [-0.25, -0.2) is 0 Å². The van der Waals surface area contributed by atoms with Gasteiger partial charge in [0.25, 0.3) is 0 Å². The van der Waals surface area contributed by atoms with Crippen LogP contribution in [0.1, 0.15) is 6.92 Å². The monoisotopic (exact) mass is 406 g/mol. The van der Waals surface area contributed by atoms with Gasteiger partial charge < -0.3 is 9.73 Å². The smallest absolute Gasteiger partial charge is 0.234 e. The number of hydrogen-bond acceptors (Lipinski definition) is 5. The van der Waals surface area contributed by atoms with Gasteiger partial charge in [-0.3, -0.25) is 9.36 Å². The molecule has 0 saturated carbocycles. The Kier molecular flexibility index (Phi) is 5.37. The molecule has 0 radical (unpaired) electrons. The fraction of sp³-hybridized carbons (Fsp3) is 0.188. The first kappa shape index (κ1) is 16.8. The van der Waals surface area contributed by atoms with Crippen LogP contribution in [0.4, 0.5) is 5.69 Å².